The lowest BCUT2D eigenvalue weighted by molar-refractivity contribution is -0.136. The summed E-state index contributed by atoms with van der Waals surface area (Å²) in [6.45, 7) is 3.85. The fourth-order valence-electron chi connectivity index (χ4n) is 5.82. The van der Waals surface area contributed by atoms with Crippen molar-refractivity contribution < 1.29 is 19.5 Å². The first-order chi connectivity index (χ1) is 18.8. The molecule has 1 aromatic heterocycles. The summed E-state index contributed by atoms with van der Waals surface area (Å²) in [6.07, 6.45) is 1.74. The third kappa shape index (κ3) is 4.64. The molecule has 10 heteroatoms. The van der Waals surface area contributed by atoms with Gasteiger partial charge in [0.25, 0.3) is 5.91 Å². The third-order valence-corrected chi connectivity index (χ3v) is 8.14. The topological polar surface area (TPSA) is 111 Å². The van der Waals surface area contributed by atoms with Gasteiger partial charge >= 0.3 is 0 Å². The Morgan fingerprint density at radius 3 is 2.38 bits per heavy atom. The first-order valence-electron chi connectivity index (χ1n) is 13.3. The number of hydrogen-bond donors (Lipinski definition) is 2. The van der Waals surface area contributed by atoms with Crippen molar-refractivity contribution in [1.82, 2.24) is 29.8 Å². The van der Waals surface area contributed by atoms with Crippen molar-refractivity contribution in [2.75, 3.05) is 33.2 Å². The lowest BCUT2D eigenvalue weighted by atomic mass is 9.97. The van der Waals surface area contributed by atoms with Gasteiger partial charge in [0.15, 0.2) is 0 Å². The molecule has 0 radical (unpaired) electrons. The Bertz CT molecular complexity index is 1440. The van der Waals surface area contributed by atoms with E-state index in [1.807, 2.05) is 60.4 Å². The molecule has 10 nitrogen and oxygen atoms in total. The number of hydrogen-bond acceptors (Lipinski definition) is 7. The summed E-state index contributed by atoms with van der Waals surface area (Å²) in [6, 6.07) is 13.0. The van der Waals surface area contributed by atoms with Gasteiger partial charge in [0.2, 0.25) is 11.8 Å². The average Bonchev–Trinajstić information content (AvgIpc) is 3.48. The highest BCUT2D eigenvalue weighted by Crippen LogP contribution is 2.36. The van der Waals surface area contributed by atoms with Gasteiger partial charge in [-0.1, -0.05) is 30.3 Å². The van der Waals surface area contributed by atoms with Crippen LogP contribution in [0, 0.1) is 0 Å². The number of nitrogens with zero attached hydrogens (tertiary/aromatic N) is 5. The zero-order valence-corrected chi connectivity index (χ0v) is 22.1. The lowest BCUT2D eigenvalue weighted by Gasteiger charge is -2.35. The Morgan fingerprint density at radius 1 is 0.949 bits per heavy atom. The second-order valence-electron chi connectivity index (χ2n) is 10.6. The van der Waals surface area contributed by atoms with Crippen LogP contribution in [0.15, 0.2) is 48.7 Å². The largest absolute Gasteiger partial charge is 0.374 e. The fourth-order valence-corrected chi connectivity index (χ4v) is 5.82. The number of aromatic nitrogens is 2. The number of piperazine rings is 1. The molecule has 3 aliphatic rings. The highest BCUT2D eigenvalue weighted by atomic mass is 16.3. The van der Waals surface area contributed by atoms with E-state index in [0.717, 1.165) is 59.7 Å². The van der Waals surface area contributed by atoms with E-state index >= 15 is 0 Å². The fraction of sp³-hybridized carbons (Fsp3) is 0.379. The molecule has 0 aliphatic carbocycles. The Hall–Kier alpha value is -3.86. The summed E-state index contributed by atoms with van der Waals surface area (Å²) in [4.78, 5) is 43.0. The third-order valence-electron chi connectivity index (χ3n) is 8.14. The number of imide groups is 1. The van der Waals surface area contributed by atoms with Gasteiger partial charge in [-0.25, -0.2) is 0 Å². The quantitative estimate of drug-likeness (QED) is 0.486. The maximum Gasteiger partial charge on any atom is 0.255 e. The lowest BCUT2D eigenvalue weighted by Crippen LogP contribution is -2.52. The van der Waals surface area contributed by atoms with Crippen molar-refractivity contribution in [2.24, 2.45) is 7.05 Å². The molecule has 2 aromatic carbocycles. The molecule has 3 aliphatic heterocycles. The van der Waals surface area contributed by atoms with Crippen LogP contribution in [0.25, 0.3) is 22.4 Å². The van der Waals surface area contributed by atoms with Crippen LogP contribution in [0.2, 0.25) is 0 Å². The monoisotopic (exact) mass is 528 g/mol. The molecule has 0 spiro atoms. The summed E-state index contributed by atoms with van der Waals surface area (Å²) in [5.41, 5.74) is 6.05. The van der Waals surface area contributed by atoms with Gasteiger partial charge in [-0.15, -0.1) is 0 Å². The number of carbonyl (C=O) groups is 3. The number of amides is 3. The minimum atomic E-state index is -0.639. The van der Waals surface area contributed by atoms with Crippen LogP contribution in [0.1, 0.15) is 40.6 Å². The number of fused-ring (bicyclic) bond motifs is 1. The molecule has 2 unspecified atom stereocenters. The number of nitrogens with one attached hydrogen (secondary N) is 1. The van der Waals surface area contributed by atoms with Gasteiger partial charge in [0, 0.05) is 62.9 Å². The van der Waals surface area contributed by atoms with Crippen molar-refractivity contribution in [3.8, 4) is 22.4 Å². The van der Waals surface area contributed by atoms with Crippen LogP contribution in [0.4, 0.5) is 0 Å². The Labute approximate surface area is 226 Å². The van der Waals surface area contributed by atoms with E-state index < -0.39 is 18.2 Å². The molecule has 2 N–H and O–H groups in total. The molecule has 2 saturated heterocycles. The zero-order chi connectivity index (χ0) is 27.3. The number of rotatable bonds is 5. The highest BCUT2D eigenvalue weighted by molar-refractivity contribution is 6.05. The standard InChI is InChI=1S/C29H32N6O4/c1-32-11-13-34(14-12-32)28(38)19-5-3-18(4-6-19)26-23(16-30-33(26)2)20-7-8-22-21(15-20)17-35(29(22)39)24-9-10-25(36)31-27(24)37/h3-8,15-16,24,28,38H,9-14,17H2,1-2H3,(H,31,36,37). The molecule has 2 atom stereocenters. The minimum Gasteiger partial charge on any atom is -0.374 e. The van der Waals surface area contributed by atoms with Gasteiger partial charge in [-0.3, -0.25) is 29.3 Å². The maximum atomic E-state index is 13.1. The molecule has 4 heterocycles. The van der Waals surface area contributed by atoms with E-state index in [-0.39, 0.29) is 18.2 Å². The predicted molar refractivity (Wildman–Crippen MR) is 144 cm³/mol. The SMILES string of the molecule is CN1CCN(C(O)c2ccc(-c3c(-c4ccc5c(c4)CN(C4CCC(=O)NC4=O)C5=O)cnn3C)cc2)CC1. The molecule has 2 fully saturated rings. The zero-order valence-electron chi connectivity index (χ0n) is 22.1. The Balaban J connectivity index is 1.24. The molecular formula is C29H32N6O4. The number of benzene rings is 2. The van der Waals surface area contributed by atoms with Crippen LogP contribution in [-0.2, 0) is 23.2 Å². The van der Waals surface area contributed by atoms with E-state index in [9.17, 15) is 19.5 Å². The minimum absolute atomic E-state index is 0.188. The number of likely N-dealkylation sites (N-methyl/N-ethyl adjacent to an activating group) is 1. The Morgan fingerprint density at radius 2 is 1.67 bits per heavy atom. The number of aliphatic hydroxyl groups is 1. The van der Waals surface area contributed by atoms with Crippen molar-refractivity contribution in [3.63, 3.8) is 0 Å². The number of aryl methyl sites for hydroxylation is 1. The highest BCUT2D eigenvalue weighted by Gasteiger charge is 2.39. The molecule has 3 aromatic rings. The molecule has 0 bridgehead atoms. The first-order valence-corrected chi connectivity index (χ1v) is 13.3. The number of piperidine rings is 1. The molecule has 39 heavy (non-hydrogen) atoms. The summed E-state index contributed by atoms with van der Waals surface area (Å²) >= 11 is 0. The van der Waals surface area contributed by atoms with E-state index in [4.69, 9.17) is 0 Å². The summed E-state index contributed by atoms with van der Waals surface area (Å²) in [5, 5.41) is 17.8. The van der Waals surface area contributed by atoms with Crippen molar-refractivity contribution >= 4 is 17.7 Å². The van der Waals surface area contributed by atoms with Gasteiger partial charge in [-0.05, 0) is 42.3 Å². The second-order valence-corrected chi connectivity index (χ2v) is 10.6. The van der Waals surface area contributed by atoms with Gasteiger partial charge in [0.05, 0.1) is 11.9 Å². The smallest absolute Gasteiger partial charge is 0.255 e. The van der Waals surface area contributed by atoms with Gasteiger partial charge < -0.3 is 14.9 Å². The van der Waals surface area contributed by atoms with Crippen LogP contribution < -0.4 is 5.32 Å². The number of aliphatic hydroxyl groups excluding tert-OH is 1. The van der Waals surface area contributed by atoms with E-state index in [2.05, 4.69) is 27.3 Å². The predicted octanol–water partition coefficient (Wildman–Crippen LogP) is 1.75. The molecule has 3 amide bonds. The normalized spacial score (nSPS) is 21.3. The first kappa shape index (κ1) is 25.4. The Kier molecular flexibility index (Phi) is 6.54. The summed E-state index contributed by atoms with van der Waals surface area (Å²) < 4.78 is 1.83. The van der Waals surface area contributed by atoms with Crippen molar-refractivity contribution in [3.05, 3.63) is 65.4 Å². The van der Waals surface area contributed by atoms with Crippen LogP contribution in [0.3, 0.4) is 0 Å². The van der Waals surface area contributed by atoms with Gasteiger partial charge in [0.1, 0.15) is 12.3 Å². The van der Waals surface area contributed by atoms with E-state index in [1.54, 1.807) is 4.90 Å². The van der Waals surface area contributed by atoms with Gasteiger partial charge in [-0.2, -0.15) is 5.10 Å². The van der Waals surface area contributed by atoms with Crippen LogP contribution >= 0.6 is 0 Å². The van der Waals surface area contributed by atoms with Crippen molar-refractivity contribution in [1.29, 1.82) is 0 Å². The number of carbonyl (C=O) groups excluding carboxylic acids is 3. The average molecular weight is 529 g/mol. The summed E-state index contributed by atoms with van der Waals surface area (Å²) in [7, 11) is 3.99. The second kappa shape index (κ2) is 10.0. The van der Waals surface area contributed by atoms with E-state index in [1.165, 1.54) is 0 Å². The van der Waals surface area contributed by atoms with Crippen LogP contribution in [-0.4, -0.2) is 86.6 Å². The molecule has 6 rings (SSSR count). The van der Waals surface area contributed by atoms with Crippen LogP contribution in [0.5, 0.6) is 0 Å². The molecule has 202 valence electrons. The summed E-state index contributed by atoms with van der Waals surface area (Å²) in [5.74, 6) is -0.899. The van der Waals surface area contributed by atoms with E-state index in [0.29, 0.717) is 18.5 Å². The maximum absolute atomic E-state index is 13.1. The molecule has 0 saturated carbocycles. The van der Waals surface area contributed by atoms with Crippen molar-refractivity contribution in [2.45, 2.75) is 31.7 Å². The molecular weight excluding hydrogens is 496 g/mol.